The molecule has 1 aromatic carbocycles. The Hall–Kier alpha value is -2.62. The number of aromatic nitrogens is 2. The predicted molar refractivity (Wildman–Crippen MR) is 99.3 cm³/mol. The molecular formula is C19H23F3N4O3. The Kier molecular flexibility index (Phi) is 6.41. The maximum atomic E-state index is 13.2. The van der Waals surface area contributed by atoms with Gasteiger partial charge in [-0.3, -0.25) is 4.79 Å². The van der Waals surface area contributed by atoms with Crippen LogP contribution in [0.4, 0.5) is 24.7 Å². The van der Waals surface area contributed by atoms with Crippen LogP contribution in [-0.2, 0) is 15.7 Å². The zero-order valence-corrected chi connectivity index (χ0v) is 16.2. The Morgan fingerprint density at radius 3 is 2.79 bits per heavy atom. The second kappa shape index (κ2) is 8.81. The van der Waals surface area contributed by atoms with Crippen LogP contribution in [0, 0.1) is 5.92 Å². The molecule has 1 fully saturated rings. The van der Waals surface area contributed by atoms with Crippen molar-refractivity contribution in [2.45, 2.75) is 38.4 Å². The van der Waals surface area contributed by atoms with Crippen molar-refractivity contribution < 1.29 is 27.3 Å². The Labute approximate surface area is 166 Å². The van der Waals surface area contributed by atoms with Crippen LogP contribution >= 0.6 is 0 Å². The molecule has 1 saturated carbocycles. The maximum Gasteiger partial charge on any atom is 0.416 e. The van der Waals surface area contributed by atoms with Crippen LogP contribution in [0.25, 0.3) is 0 Å². The first-order chi connectivity index (χ1) is 13.8. The number of rotatable bonds is 9. The lowest BCUT2D eigenvalue weighted by Crippen LogP contribution is -2.35. The van der Waals surface area contributed by atoms with Crippen molar-refractivity contribution in [3.05, 3.63) is 35.5 Å². The molecule has 1 aliphatic carbocycles. The van der Waals surface area contributed by atoms with E-state index in [0.29, 0.717) is 24.7 Å². The van der Waals surface area contributed by atoms with Crippen molar-refractivity contribution in [3.63, 3.8) is 0 Å². The highest BCUT2D eigenvalue weighted by atomic mass is 19.4. The van der Waals surface area contributed by atoms with E-state index in [1.807, 2.05) is 0 Å². The van der Waals surface area contributed by atoms with E-state index in [-0.39, 0.29) is 17.5 Å². The van der Waals surface area contributed by atoms with Crippen molar-refractivity contribution in [1.82, 2.24) is 10.3 Å². The number of hydrogen-bond acceptors (Lipinski definition) is 6. The summed E-state index contributed by atoms with van der Waals surface area (Å²) in [5.41, 5.74) is -0.293. The number of ether oxygens (including phenoxy) is 1. The Morgan fingerprint density at radius 2 is 2.14 bits per heavy atom. The molecule has 3 rings (SSSR count). The quantitative estimate of drug-likeness (QED) is 0.626. The summed E-state index contributed by atoms with van der Waals surface area (Å²) < 4.78 is 49.4. The molecule has 29 heavy (non-hydrogen) atoms. The smallest absolute Gasteiger partial charge is 0.385 e. The number of hydrogen-bond donors (Lipinski definition) is 1. The molecular weight excluding hydrogens is 389 g/mol. The van der Waals surface area contributed by atoms with Gasteiger partial charge in [0.25, 0.3) is 0 Å². The monoisotopic (exact) mass is 412 g/mol. The minimum atomic E-state index is -4.50. The van der Waals surface area contributed by atoms with Crippen LogP contribution < -0.4 is 10.2 Å². The first-order valence-corrected chi connectivity index (χ1v) is 9.38. The van der Waals surface area contributed by atoms with E-state index in [1.165, 1.54) is 17.0 Å². The first-order valence-electron chi connectivity index (χ1n) is 9.38. The van der Waals surface area contributed by atoms with E-state index in [0.717, 1.165) is 31.4 Å². The summed E-state index contributed by atoms with van der Waals surface area (Å²) >= 11 is 0. The molecule has 1 amide bonds. The first kappa shape index (κ1) is 21.1. The van der Waals surface area contributed by atoms with Gasteiger partial charge < -0.3 is 15.0 Å². The number of alkyl halides is 3. The van der Waals surface area contributed by atoms with E-state index in [1.54, 1.807) is 14.0 Å². The lowest BCUT2D eigenvalue weighted by atomic mass is 10.1. The highest BCUT2D eigenvalue weighted by Crippen LogP contribution is 2.39. The predicted octanol–water partition coefficient (Wildman–Crippen LogP) is 4.04. The van der Waals surface area contributed by atoms with Crippen molar-refractivity contribution in [2.75, 3.05) is 30.5 Å². The summed E-state index contributed by atoms with van der Waals surface area (Å²) in [6.07, 6.45) is -2.34. The zero-order valence-electron chi connectivity index (χ0n) is 16.2. The Balaban J connectivity index is 1.89. The highest BCUT2D eigenvalue weighted by Gasteiger charge is 2.39. The molecule has 1 unspecified atom stereocenters. The lowest BCUT2D eigenvalue weighted by Gasteiger charge is -2.29. The molecule has 2 aromatic rings. The fraction of sp³-hybridized carbons (Fsp3) is 0.526. The van der Waals surface area contributed by atoms with Crippen LogP contribution in [0.5, 0.6) is 0 Å². The summed E-state index contributed by atoms with van der Waals surface area (Å²) in [6.45, 7) is 2.79. The number of nitrogens with one attached hydrogen (secondary N) is 1. The van der Waals surface area contributed by atoms with E-state index < -0.39 is 17.8 Å². The van der Waals surface area contributed by atoms with E-state index in [9.17, 15) is 18.0 Å². The minimum absolute atomic E-state index is 0.164. The summed E-state index contributed by atoms with van der Waals surface area (Å²) in [5, 5.41) is 10.8. The molecule has 1 atom stereocenters. The normalized spacial score (nSPS) is 15.2. The van der Waals surface area contributed by atoms with E-state index >= 15 is 0 Å². The van der Waals surface area contributed by atoms with Gasteiger partial charge in [0, 0.05) is 31.9 Å². The van der Waals surface area contributed by atoms with Gasteiger partial charge in [0.1, 0.15) is 0 Å². The van der Waals surface area contributed by atoms with Gasteiger partial charge in [0.15, 0.2) is 11.5 Å². The minimum Gasteiger partial charge on any atom is -0.385 e. The van der Waals surface area contributed by atoms with E-state index in [2.05, 4.69) is 15.6 Å². The largest absolute Gasteiger partial charge is 0.416 e. The number of nitrogens with zero attached hydrogens (tertiary/aromatic N) is 3. The molecule has 0 spiro atoms. The zero-order chi connectivity index (χ0) is 21.0. The van der Waals surface area contributed by atoms with Gasteiger partial charge in [-0.1, -0.05) is 11.2 Å². The van der Waals surface area contributed by atoms with Crippen molar-refractivity contribution >= 4 is 17.4 Å². The fourth-order valence-corrected chi connectivity index (χ4v) is 3.04. The molecule has 7 nitrogen and oxygen atoms in total. The third kappa shape index (κ3) is 5.06. The van der Waals surface area contributed by atoms with Crippen molar-refractivity contribution in [3.8, 4) is 0 Å². The van der Waals surface area contributed by atoms with Gasteiger partial charge in [-0.2, -0.15) is 13.2 Å². The molecule has 0 radical (unpaired) electrons. The molecule has 0 bridgehead atoms. The summed E-state index contributed by atoms with van der Waals surface area (Å²) in [5.74, 6) is -0.0655. The maximum absolute atomic E-state index is 13.2. The molecule has 0 saturated heterocycles. The summed E-state index contributed by atoms with van der Waals surface area (Å²) in [6, 6.07) is 4.08. The molecule has 1 heterocycles. The van der Waals surface area contributed by atoms with E-state index in [4.69, 9.17) is 9.37 Å². The van der Waals surface area contributed by atoms with Crippen LogP contribution in [0.1, 0.15) is 43.5 Å². The van der Waals surface area contributed by atoms with Gasteiger partial charge >= 0.3 is 6.18 Å². The van der Waals surface area contributed by atoms with Gasteiger partial charge in [0.05, 0.1) is 11.6 Å². The van der Waals surface area contributed by atoms with Gasteiger partial charge in [-0.05, 0) is 49.5 Å². The number of halogens is 3. The Bertz CT molecular complexity index is 836. The molecule has 10 heteroatoms. The standard InChI is InChI=1S/C19H23F3N4O3/c1-12(16-17(25-29-24-16)23-9-4-10-28-2)26(18(27)13-7-8-13)15-6-3-5-14(11-15)19(20,21)22/h3,5-6,11-13H,4,7-10H2,1-2H3,(H,23,25). The number of anilines is 2. The number of benzene rings is 1. The second-order valence-electron chi connectivity index (χ2n) is 6.98. The van der Waals surface area contributed by atoms with Crippen LogP contribution in [0.15, 0.2) is 28.9 Å². The van der Waals surface area contributed by atoms with Crippen LogP contribution in [0.2, 0.25) is 0 Å². The number of amides is 1. The number of methoxy groups -OCH3 is 1. The lowest BCUT2D eigenvalue weighted by molar-refractivity contribution is -0.137. The third-order valence-corrected chi connectivity index (χ3v) is 4.73. The molecule has 1 aromatic heterocycles. The second-order valence-corrected chi connectivity index (χ2v) is 6.98. The van der Waals surface area contributed by atoms with Crippen molar-refractivity contribution in [1.29, 1.82) is 0 Å². The Morgan fingerprint density at radius 1 is 1.38 bits per heavy atom. The van der Waals surface area contributed by atoms with Gasteiger partial charge in [0.2, 0.25) is 5.91 Å². The summed E-state index contributed by atoms with van der Waals surface area (Å²) in [4.78, 5) is 14.3. The molecule has 158 valence electrons. The van der Waals surface area contributed by atoms with Gasteiger partial charge in [-0.25, -0.2) is 4.63 Å². The molecule has 0 aliphatic heterocycles. The molecule has 1 aliphatic rings. The number of carbonyl (C=O) groups is 1. The van der Waals surface area contributed by atoms with Crippen LogP contribution in [-0.4, -0.2) is 36.5 Å². The van der Waals surface area contributed by atoms with Gasteiger partial charge in [-0.15, -0.1) is 0 Å². The fourth-order valence-electron chi connectivity index (χ4n) is 3.04. The molecule has 1 N–H and O–H groups in total. The average molecular weight is 412 g/mol. The van der Waals surface area contributed by atoms with Crippen molar-refractivity contribution in [2.24, 2.45) is 5.92 Å². The SMILES string of the molecule is COCCCNc1nonc1C(C)N(C(=O)C1CC1)c1cccc(C(F)(F)F)c1. The van der Waals surface area contributed by atoms with Crippen LogP contribution in [0.3, 0.4) is 0 Å². The third-order valence-electron chi connectivity index (χ3n) is 4.73. The average Bonchev–Trinajstić information content (AvgIpc) is 3.43. The topological polar surface area (TPSA) is 80.5 Å². The number of carbonyl (C=O) groups excluding carboxylic acids is 1. The summed E-state index contributed by atoms with van der Waals surface area (Å²) in [7, 11) is 1.60. The highest BCUT2D eigenvalue weighted by molar-refractivity contribution is 5.97.